The monoisotopic (exact) mass is 348 g/mol. The van der Waals surface area contributed by atoms with Gasteiger partial charge in [-0.3, -0.25) is 4.79 Å². The predicted octanol–water partition coefficient (Wildman–Crippen LogP) is 3.90. The summed E-state index contributed by atoms with van der Waals surface area (Å²) in [4.78, 5) is 28.6. The number of ether oxygens (including phenoxy) is 1. The lowest BCUT2D eigenvalue weighted by Crippen LogP contribution is -2.22. The molecule has 1 heterocycles. The molecule has 5 nitrogen and oxygen atoms in total. The first-order valence-corrected chi connectivity index (χ1v) is 8.49. The smallest absolute Gasteiger partial charge is 0.357 e. The zero-order valence-corrected chi connectivity index (χ0v) is 14.8. The van der Waals surface area contributed by atoms with Crippen molar-refractivity contribution in [3.05, 3.63) is 71.4 Å². The highest BCUT2D eigenvalue weighted by Crippen LogP contribution is 2.21. The molecule has 0 spiro atoms. The summed E-state index contributed by atoms with van der Waals surface area (Å²) in [6.45, 7) is 3.60. The number of anilines is 1. The van der Waals surface area contributed by atoms with E-state index in [9.17, 15) is 9.59 Å². The fourth-order valence-corrected chi connectivity index (χ4v) is 2.76. The number of benzene rings is 2. The molecule has 0 saturated heterocycles. The van der Waals surface area contributed by atoms with E-state index in [0.29, 0.717) is 5.52 Å². The molecule has 0 aliphatic heterocycles. The van der Waals surface area contributed by atoms with Crippen LogP contribution in [-0.2, 0) is 16.0 Å². The molecule has 2 aromatic carbocycles. The number of pyridine rings is 1. The highest BCUT2D eigenvalue weighted by atomic mass is 16.5. The number of nitrogens with zero attached hydrogens (tertiary/aromatic N) is 1. The van der Waals surface area contributed by atoms with Crippen molar-refractivity contribution >= 4 is 28.5 Å². The fraction of sp³-hybridized carbons (Fsp3) is 0.190. The Morgan fingerprint density at radius 1 is 1.04 bits per heavy atom. The summed E-state index contributed by atoms with van der Waals surface area (Å²) >= 11 is 0. The Kier molecular flexibility index (Phi) is 5.27. The van der Waals surface area contributed by atoms with Crippen LogP contribution in [0.1, 0.15) is 28.5 Å². The summed E-state index contributed by atoms with van der Waals surface area (Å²) in [5.41, 5.74) is 3.68. The third kappa shape index (κ3) is 3.88. The number of carbonyl (C=O) groups is 2. The first-order chi connectivity index (χ1) is 12.6. The standard InChI is InChI=1S/C21H20N2O3/c1-3-15-9-6-7-14(2)20(15)23-19(24)13-26-21(25)18-12-11-16-8-4-5-10-17(16)22-18/h4-12H,3,13H2,1-2H3,(H,23,24). The van der Waals surface area contributed by atoms with Gasteiger partial charge in [0.2, 0.25) is 0 Å². The number of para-hydroxylation sites is 2. The molecule has 0 aliphatic rings. The Hall–Kier alpha value is -3.21. The van der Waals surface area contributed by atoms with Crippen LogP contribution in [0.4, 0.5) is 5.69 Å². The molecular formula is C21H20N2O3. The average Bonchev–Trinajstić information content (AvgIpc) is 2.67. The number of rotatable bonds is 5. The second-order valence-electron chi connectivity index (χ2n) is 5.98. The number of aryl methyl sites for hydroxylation is 2. The van der Waals surface area contributed by atoms with Gasteiger partial charge in [0.15, 0.2) is 6.61 Å². The van der Waals surface area contributed by atoms with Gasteiger partial charge in [0.25, 0.3) is 5.91 Å². The SMILES string of the molecule is CCc1cccc(C)c1NC(=O)COC(=O)c1ccc2ccccc2n1. The number of fused-ring (bicyclic) bond motifs is 1. The van der Waals surface area contributed by atoms with Crippen molar-refractivity contribution in [1.29, 1.82) is 0 Å². The third-order valence-electron chi connectivity index (χ3n) is 4.15. The molecule has 0 saturated carbocycles. The van der Waals surface area contributed by atoms with Crippen molar-refractivity contribution < 1.29 is 14.3 Å². The van der Waals surface area contributed by atoms with Gasteiger partial charge in [-0.2, -0.15) is 0 Å². The normalized spacial score (nSPS) is 10.5. The van der Waals surface area contributed by atoms with Gasteiger partial charge >= 0.3 is 5.97 Å². The van der Waals surface area contributed by atoms with E-state index in [2.05, 4.69) is 10.3 Å². The van der Waals surface area contributed by atoms with Crippen molar-refractivity contribution in [2.45, 2.75) is 20.3 Å². The minimum atomic E-state index is -0.619. The molecule has 0 bridgehead atoms. The van der Waals surface area contributed by atoms with E-state index >= 15 is 0 Å². The van der Waals surface area contributed by atoms with Crippen LogP contribution >= 0.6 is 0 Å². The molecule has 0 fully saturated rings. The van der Waals surface area contributed by atoms with Gasteiger partial charge in [0.1, 0.15) is 5.69 Å². The van der Waals surface area contributed by atoms with Gasteiger partial charge in [0, 0.05) is 11.1 Å². The van der Waals surface area contributed by atoms with Crippen LogP contribution in [0.25, 0.3) is 10.9 Å². The second kappa shape index (κ2) is 7.78. The van der Waals surface area contributed by atoms with Crippen molar-refractivity contribution in [1.82, 2.24) is 4.98 Å². The predicted molar refractivity (Wildman–Crippen MR) is 101 cm³/mol. The minimum absolute atomic E-state index is 0.182. The first-order valence-electron chi connectivity index (χ1n) is 8.49. The number of hydrogen-bond acceptors (Lipinski definition) is 4. The van der Waals surface area contributed by atoms with Crippen LogP contribution in [-0.4, -0.2) is 23.5 Å². The van der Waals surface area contributed by atoms with Crippen LogP contribution in [0, 0.1) is 6.92 Å². The second-order valence-corrected chi connectivity index (χ2v) is 5.98. The summed E-state index contributed by atoms with van der Waals surface area (Å²) < 4.78 is 5.11. The molecule has 0 unspecified atom stereocenters. The fourth-order valence-electron chi connectivity index (χ4n) is 2.76. The largest absolute Gasteiger partial charge is 0.451 e. The molecule has 3 rings (SSSR count). The van der Waals surface area contributed by atoms with Crippen LogP contribution in [0.15, 0.2) is 54.6 Å². The van der Waals surface area contributed by atoms with Crippen LogP contribution in [0.2, 0.25) is 0 Å². The molecule has 1 aromatic heterocycles. The molecule has 5 heteroatoms. The summed E-state index contributed by atoms with van der Waals surface area (Å²) in [6.07, 6.45) is 0.804. The minimum Gasteiger partial charge on any atom is -0.451 e. The maximum atomic E-state index is 12.2. The van der Waals surface area contributed by atoms with Crippen LogP contribution in [0.5, 0.6) is 0 Å². The lowest BCUT2D eigenvalue weighted by atomic mass is 10.1. The molecular weight excluding hydrogens is 328 g/mol. The Balaban J connectivity index is 1.64. The zero-order chi connectivity index (χ0) is 18.5. The summed E-state index contributed by atoms with van der Waals surface area (Å²) in [5.74, 6) is -0.991. The Labute approximate surface area is 152 Å². The lowest BCUT2D eigenvalue weighted by molar-refractivity contribution is -0.119. The topological polar surface area (TPSA) is 68.3 Å². The number of carbonyl (C=O) groups excluding carboxylic acids is 2. The third-order valence-corrected chi connectivity index (χ3v) is 4.15. The number of hydrogen-bond donors (Lipinski definition) is 1. The van der Waals surface area contributed by atoms with Crippen molar-refractivity contribution in [3.8, 4) is 0 Å². The van der Waals surface area contributed by atoms with Crippen molar-refractivity contribution in [2.75, 3.05) is 11.9 Å². The first kappa shape index (κ1) is 17.6. The Bertz CT molecular complexity index is 966. The number of esters is 1. The molecule has 0 aliphatic carbocycles. The molecule has 132 valence electrons. The molecule has 1 N–H and O–H groups in total. The van der Waals surface area contributed by atoms with Gasteiger partial charge in [-0.1, -0.05) is 49.4 Å². The maximum absolute atomic E-state index is 12.2. The van der Waals surface area contributed by atoms with Crippen molar-refractivity contribution in [3.63, 3.8) is 0 Å². The van der Waals surface area contributed by atoms with Crippen LogP contribution < -0.4 is 5.32 Å². The molecule has 26 heavy (non-hydrogen) atoms. The molecule has 3 aromatic rings. The molecule has 1 amide bonds. The summed E-state index contributed by atoms with van der Waals surface area (Å²) in [6, 6.07) is 16.7. The highest BCUT2D eigenvalue weighted by Gasteiger charge is 2.14. The van der Waals surface area contributed by atoms with Gasteiger partial charge in [-0.05, 0) is 36.6 Å². The number of aromatic nitrogens is 1. The maximum Gasteiger partial charge on any atom is 0.357 e. The Morgan fingerprint density at radius 3 is 2.65 bits per heavy atom. The van der Waals surface area contributed by atoms with E-state index in [-0.39, 0.29) is 18.2 Å². The molecule has 0 atom stereocenters. The Morgan fingerprint density at radius 2 is 1.85 bits per heavy atom. The van der Waals surface area contributed by atoms with Crippen LogP contribution in [0.3, 0.4) is 0 Å². The summed E-state index contributed by atoms with van der Waals surface area (Å²) in [5, 5.41) is 3.77. The van der Waals surface area contributed by atoms with Gasteiger partial charge in [0.05, 0.1) is 5.52 Å². The van der Waals surface area contributed by atoms with Gasteiger partial charge in [-0.25, -0.2) is 9.78 Å². The van der Waals surface area contributed by atoms with Crippen molar-refractivity contribution in [2.24, 2.45) is 0 Å². The van der Waals surface area contributed by atoms with E-state index in [1.54, 1.807) is 12.1 Å². The van der Waals surface area contributed by atoms with Gasteiger partial charge in [-0.15, -0.1) is 0 Å². The number of nitrogens with one attached hydrogen (secondary N) is 1. The highest BCUT2D eigenvalue weighted by molar-refractivity contribution is 5.96. The quantitative estimate of drug-likeness (QED) is 0.710. The summed E-state index contributed by atoms with van der Waals surface area (Å²) in [7, 11) is 0. The van der Waals surface area contributed by atoms with E-state index in [1.807, 2.05) is 56.3 Å². The van der Waals surface area contributed by atoms with E-state index in [4.69, 9.17) is 4.74 Å². The zero-order valence-electron chi connectivity index (χ0n) is 14.8. The number of amides is 1. The molecule has 0 radical (unpaired) electrons. The van der Waals surface area contributed by atoms with Gasteiger partial charge < -0.3 is 10.1 Å². The average molecular weight is 348 g/mol. The van der Waals surface area contributed by atoms with E-state index < -0.39 is 5.97 Å². The lowest BCUT2D eigenvalue weighted by Gasteiger charge is -2.13. The van der Waals surface area contributed by atoms with E-state index in [0.717, 1.165) is 28.6 Å². The van der Waals surface area contributed by atoms with E-state index in [1.165, 1.54) is 0 Å².